The molecule has 2 rings (SSSR count). The Morgan fingerprint density at radius 1 is 1.10 bits per heavy atom. The highest BCUT2D eigenvalue weighted by Gasteiger charge is 2.16. The van der Waals surface area contributed by atoms with Crippen LogP contribution in [0.3, 0.4) is 0 Å². The first kappa shape index (κ1) is 23.5. The first-order valence-electron chi connectivity index (χ1n) is 10.7. The first-order valence-corrected chi connectivity index (χ1v) is 10.7. The minimum atomic E-state index is -0.0199. The molecule has 0 atom stereocenters. The van der Waals surface area contributed by atoms with Crippen molar-refractivity contribution in [1.29, 1.82) is 0 Å². The van der Waals surface area contributed by atoms with Gasteiger partial charge in [0.05, 0.1) is 6.61 Å². The molecule has 0 radical (unpaired) electrons. The molecule has 2 aromatic carbocycles. The van der Waals surface area contributed by atoms with Gasteiger partial charge < -0.3 is 10.1 Å². The van der Waals surface area contributed by atoms with Crippen LogP contribution >= 0.6 is 0 Å². The molecule has 30 heavy (non-hydrogen) atoms. The highest BCUT2D eigenvalue weighted by Crippen LogP contribution is 2.31. The molecule has 1 amide bonds. The second kappa shape index (κ2) is 10.8. The summed E-state index contributed by atoms with van der Waals surface area (Å²) in [5, 5.41) is 2.97. The number of hydrogen-bond acceptors (Lipinski definition) is 2. The Morgan fingerprint density at radius 3 is 2.37 bits per heavy atom. The van der Waals surface area contributed by atoms with Crippen molar-refractivity contribution in [1.82, 2.24) is 0 Å². The molecule has 1 N–H and O–H groups in total. The van der Waals surface area contributed by atoms with Crippen LogP contribution in [-0.4, -0.2) is 12.5 Å². The highest BCUT2D eigenvalue weighted by atomic mass is 16.5. The third kappa shape index (κ3) is 7.22. The van der Waals surface area contributed by atoms with E-state index < -0.39 is 0 Å². The van der Waals surface area contributed by atoms with Gasteiger partial charge in [0, 0.05) is 24.1 Å². The van der Waals surface area contributed by atoms with Gasteiger partial charge in [-0.05, 0) is 53.7 Å². The second-order valence-electron chi connectivity index (χ2n) is 8.74. The lowest BCUT2D eigenvalue weighted by molar-refractivity contribution is -0.117. The Labute approximate surface area is 181 Å². The average molecular weight is 406 g/mol. The lowest BCUT2D eigenvalue weighted by atomic mass is 9.92. The number of anilines is 1. The van der Waals surface area contributed by atoms with Gasteiger partial charge in [-0.15, -0.1) is 0 Å². The Balaban J connectivity index is 1.95. The standard InChI is InChI=1S/C27H35NO2/c1-7-20(3)23(8-2)24-11-9-10-12-25(24)30-18-17-21-13-15-22(16-14-21)28-26(29)19-27(4,5)6/h8-16H,3,7,17-19H2,1-2,4-6H3,(H,28,29)/b23-8+. The van der Waals surface area contributed by atoms with Crippen LogP contribution in [0.4, 0.5) is 5.69 Å². The molecule has 160 valence electrons. The minimum Gasteiger partial charge on any atom is -0.493 e. The fraction of sp³-hybridized carbons (Fsp3) is 0.370. The van der Waals surface area contributed by atoms with Crippen LogP contribution in [0, 0.1) is 5.41 Å². The summed E-state index contributed by atoms with van der Waals surface area (Å²) in [6.07, 6.45) is 4.30. The van der Waals surface area contributed by atoms with Gasteiger partial charge >= 0.3 is 0 Å². The maximum atomic E-state index is 12.1. The summed E-state index contributed by atoms with van der Waals surface area (Å²) in [7, 11) is 0. The Hall–Kier alpha value is -2.81. The van der Waals surface area contributed by atoms with Gasteiger partial charge in [0.2, 0.25) is 5.91 Å². The number of hydrogen-bond donors (Lipinski definition) is 1. The van der Waals surface area contributed by atoms with Crippen molar-refractivity contribution in [2.45, 2.75) is 53.9 Å². The van der Waals surface area contributed by atoms with Gasteiger partial charge in [0.15, 0.2) is 0 Å². The molecule has 0 bridgehead atoms. The summed E-state index contributed by atoms with van der Waals surface area (Å²) in [6, 6.07) is 16.1. The molecular formula is C27H35NO2. The van der Waals surface area contributed by atoms with E-state index in [9.17, 15) is 4.79 Å². The molecule has 0 heterocycles. The van der Waals surface area contributed by atoms with Crippen LogP contribution in [0.2, 0.25) is 0 Å². The SMILES string of the molecule is C=C(CC)/C(=C\C)c1ccccc1OCCc1ccc(NC(=O)CC(C)(C)C)cc1. The van der Waals surface area contributed by atoms with Crippen LogP contribution in [0.1, 0.15) is 58.6 Å². The van der Waals surface area contributed by atoms with E-state index in [2.05, 4.69) is 51.7 Å². The molecule has 0 unspecified atom stereocenters. The van der Waals surface area contributed by atoms with E-state index >= 15 is 0 Å². The summed E-state index contributed by atoms with van der Waals surface area (Å²) in [5.41, 5.74) is 5.32. The van der Waals surface area contributed by atoms with Gasteiger partial charge in [-0.2, -0.15) is 0 Å². The number of nitrogens with one attached hydrogen (secondary N) is 1. The molecule has 0 aliphatic heterocycles. The highest BCUT2D eigenvalue weighted by molar-refractivity contribution is 5.91. The summed E-state index contributed by atoms with van der Waals surface area (Å²) in [4.78, 5) is 12.1. The van der Waals surface area contributed by atoms with Crippen molar-refractivity contribution in [2.75, 3.05) is 11.9 Å². The lowest BCUT2D eigenvalue weighted by Gasteiger charge is -2.17. The van der Waals surface area contributed by atoms with Crippen LogP contribution in [0.15, 0.2) is 66.8 Å². The number of rotatable bonds is 9. The molecule has 0 aromatic heterocycles. The number of amides is 1. The maximum absolute atomic E-state index is 12.1. The topological polar surface area (TPSA) is 38.3 Å². The summed E-state index contributed by atoms with van der Waals surface area (Å²) in [5.74, 6) is 0.926. The fourth-order valence-corrected chi connectivity index (χ4v) is 3.28. The summed E-state index contributed by atoms with van der Waals surface area (Å²) in [6.45, 7) is 15.1. The van der Waals surface area contributed by atoms with Crippen molar-refractivity contribution in [3.05, 3.63) is 77.9 Å². The van der Waals surface area contributed by atoms with E-state index in [1.165, 1.54) is 5.56 Å². The average Bonchev–Trinajstić information content (AvgIpc) is 2.69. The smallest absolute Gasteiger partial charge is 0.224 e. The molecule has 0 spiro atoms. The fourth-order valence-electron chi connectivity index (χ4n) is 3.28. The molecule has 3 nitrogen and oxygen atoms in total. The Bertz CT molecular complexity index is 886. The van der Waals surface area contributed by atoms with Crippen LogP contribution in [0.25, 0.3) is 5.57 Å². The van der Waals surface area contributed by atoms with E-state index in [-0.39, 0.29) is 11.3 Å². The number of para-hydroxylation sites is 1. The molecule has 2 aromatic rings. The van der Waals surface area contributed by atoms with Crippen molar-refractivity contribution < 1.29 is 9.53 Å². The lowest BCUT2D eigenvalue weighted by Crippen LogP contribution is -2.19. The zero-order valence-corrected chi connectivity index (χ0v) is 19.0. The Morgan fingerprint density at radius 2 is 1.77 bits per heavy atom. The molecule has 0 aliphatic rings. The number of carbonyl (C=O) groups is 1. The predicted octanol–water partition coefficient (Wildman–Crippen LogP) is 7.05. The number of ether oxygens (including phenoxy) is 1. The van der Waals surface area contributed by atoms with Gasteiger partial charge in [0.25, 0.3) is 0 Å². The number of allylic oxidation sites excluding steroid dienone is 3. The van der Waals surface area contributed by atoms with Gasteiger partial charge in [-0.3, -0.25) is 4.79 Å². The van der Waals surface area contributed by atoms with Crippen molar-refractivity contribution >= 4 is 17.2 Å². The molecule has 0 saturated heterocycles. The molecule has 0 fully saturated rings. The molecule has 0 saturated carbocycles. The summed E-state index contributed by atoms with van der Waals surface area (Å²) >= 11 is 0. The third-order valence-corrected chi connectivity index (χ3v) is 4.85. The Kier molecular flexibility index (Phi) is 8.46. The van der Waals surface area contributed by atoms with Crippen molar-refractivity contribution in [3.8, 4) is 5.75 Å². The summed E-state index contributed by atoms with van der Waals surface area (Å²) < 4.78 is 6.12. The van der Waals surface area contributed by atoms with Crippen molar-refractivity contribution in [3.63, 3.8) is 0 Å². The monoisotopic (exact) mass is 405 g/mol. The van der Waals surface area contributed by atoms with Crippen molar-refractivity contribution in [2.24, 2.45) is 5.41 Å². The number of benzene rings is 2. The largest absolute Gasteiger partial charge is 0.493 e. The van der Waals surface area contributed by atoms with E-state index in [0.29, 0.717) is 13.0 Å². The van der Waals surface area contributed by atoms with Gasteiger partial charge in [-0.25, -0.2) is 0 Å². The molecule has 0 aliphatic carbocycles. The normalized spacial score (nSPS) is 11.8. The molecular weight excluding hydrogens is 370 g/mol. The zero-order valence-electron chi connectivity index (χ0n) is 19.0. The minimum absolute atomic E-state index is 0.0199. The van der Waals surface area contributed by atoms with E-state index in [0.717, 1.165) is 41.0 Å². The molecule has 3 heteroatoms. The van der Waals surface area contributed by atoms with E-state index in [4.69, 9.17) is 4.74 Å². The van der Waals surface area contributed by atoms with Gasteiger partial charge in [-0.1, -0.05) is 70.7 Å². The first-order chi connectivity index (χ1) is 14.2. The van der Waals surface area contributed by atoms with Crippen LogP contribution in [0.5, 0.6) is 5.75 Å². The van der Waals surface area contributed by atoms with E-state index in [1.54, 1.807) is 0 Å². The van der Waals surface area contributed by atoms with Crippen LogP contribution in [-0.2, 0) is 11.2 Å². The quantitative estimate of drug-likeness (QED) is 0.454. The van der Waals surface area contributed by atoms with Crippen LogP contribution < -0.4 is 10.1 Å². The third-order valence-electron chi connectivity index (χ3n) is 4.85. The second-order valence-corrected chi connectivity index (χ2v) is 8.74. The van der Waals surface area contributed by atoms with E-state index in [1.807, 2.05) is 49.4 Å². The zero-order chi connectivity index (χ0) is 22.1. The van der Waals surface area contributed by atoms with Gasteiger partial charge in [0.1, 0.15) is 5.75 Å². The maximum Gasteiger partial charge on any atom is 0.224 e. The number of carbonyl (C=O) groups excluding carboxylic acids is 1. The predicted molar refractivity (Wildman–Crippen MR) is 128 cm³/mol.